The van der Waals surface area contributed by atoms with Gasteiger partial charge < -0.3 is 20.3 Å². The van der Waals surface area contributed by atoms with Gasteiger partial charge in [-0.25, -0.2) is 0 Å². The first-order chi connectivity index (χ1) is 26.9. The van der Waals surface area contributed by atoms with Crippen molar-refractivity contribution in [3.05, 3.63) is 75.8 Å². The molecule has 3 aliphatic heterocycles. The average molecular weight is 847 g/mol. The number of piperidine rings is 2. The van der Waals surface area contributed by atoms with Crippen molar-refractivity contribution in [1.29, 1.82) is 5.26 Å². The Labute approximate surface area is 343 Å². The van der Waals surface area contributed by atoms with E-state index in [4.69, 9.17) is 27.9 Å². The van der Waals surface area contributed by atoms with Gasteiger partial charge in [-0.2, -0.15) is 18.4 Å². The van der Waals surface area contributed by atoms with Crippen LogP contribution in [0.1, 0.15) is 57.1 Å². The van der Waals surface area contributed by atoms with Crippen molar-refractivity contribution in [2.24, 2.45) is 5.92 Å². The number of carbonyl (C=O) groups is 4. The molecule has 0 saturated carbocycles. The number of hydrogen-bond donors (Lipinski definition) is 4. The van der Waals surface area contributed by atoms with Gasteiger partial charge in [-0.05, 0) is 113 Å². The number of nitrogens with zero attached hydrogens (tertiary/aromatic N) is 4. The van der Waals surface area contributed by atoms with E-state index in [1.54, 1.807) is 61.2 Å². The zero-order chi connectivity index (χ0) is 41.2. The highest BCUT2D eigenvalue weighted by molar-refractivity contribution is 7.81. The van der Waals surface area contributed by atoms with Gasteiger partial charge in [0.05, 0.1) is 35.4 Å². The normalized spacial score (nSPS) is 20.3. The van der Waals surface area contributed by atoms with Crippen molar-refractivity contribution in [1.82, 2.24) is 10.2 Å². The van der Waals surface area contributed by atoms with Crippen LogP contribution in [-0.2, 0) is 25.4 Å². The number of benzene rings is 3. The number of hydrogen-bond acceptors (Lipinski definition) is 10. The molecule has 3 fully saturated rings. The van der Waals surface area contributed by atoms with Gasteiger partial charge in [-0.1, -0.05) is 23.2 Å². The number of carbonyl (C=O) groups excluding carboxylic acids is 4. The molecule has 2 unspecified atom stereocenters. The summed E-state index contributed by atoms with van der Waals surface area (Å²) < 4.78 is 47.2. The Morgan fingerprint density at radius 1 is 1.02 bits per heavy atom. The number of thiol groups is 1. The summed E-state index contributed by atoms with van der Waals surface area (Å²) in [7, 11) is 0. The van der Waals surface area contributed by atoms with Crippen molar-refractivity contribution in [2.75, 3.05) is 46.7 Å². The SMILES string of the molecule is CC1(C)C(=O)N(c2ccc(C#N)c(C(F)(F)F)c2)C(S)N1c1ccc(OCCC2CCN(CC(=O)Nc3cc(Cl)cc(NC4CCC(=O)NC4=O)c3)CC2)c(Cl)c1. The van der Waals surface area contributed by atoms with Gasteiger partial charge in [0.25, 0.3) is 5.91 Å². The number of rotatable bonds is 11. The predicted molar refractivity (Wildman–Crippen MR) is 214 cm³/mol. The van der Waals surface area contributed by atoms with E-state index in [-0.39, 0.29) is 35.5 Å². The van der Waals surface area contributed by atoms with Crippen LogP contribution in [0.2, 0.25) is 10.0 Å². The lowest BCUT2D eigenvalue weighted by Gasteiger charge is -2.33. The average Bonchev–Trinajstić information content (AvgIpc) is 3.31. The van der Waals surface area contributed by atoms with Crippen LogP contribution >= 0.6 is 35.8 Å². The Balaban J connectivity index is 0.981. The number of nitrogens with one attached hydrogen (secondary N) is 3. The number of halogens is 5. The molecule has 302 valence electrons. The molecule has 3 heterocycles. The summed E-state index contributed by atoms with van der Waals surface area (Å²) >= 11 is 17.6. The topological polar surface area (TPSA) is 147 Å². The van der Waals surface area contributed by atoms with Crippen molar-refractivity contribution in [2.45, 2.75) is 69.2 Å². The smallest absolute Gasteiger partial charge is 0.417 e. The molecule has 3 saturated heterocycles. The third-order valence-electron chi connectivity index (χ3n) is 10.3. The Bertz CT molecular complexity index is 2110. The third kappa shape index (κ3) is 9.55. The van der Waals surface area contributed by atoms with Crippen LogP contribution in [0.25, 0.3) is 0 Å². The number of likely N-dealkylation sites (tertiary alicyclic amines) is 1. The van der Waals surface area contributed by atoms with Gasteiger partial charge in [-0.3, -0.25) is 34.3 Å². The number of alkyl halides is 3. The van der Waals surface area contributed by atoms with Crippen molar-refractivity contribution in [3.8, 4) is 11.8 Å². The Morgan fingerprint density at radius 3 is 2.39 bits per heavy atom. The minimum atomic E-state index is -4.79. The van der Waals surface area contributed by atoms with Crippen LogP contribution in [0.3, 0.4) is 0 Å². The molecular weight excluding hydrogens is 806 g/mol. The van der Waals surface area contributed by atoms with Crippen LogP contribution in [-0.4, -0.2) is 71.8 Å². The number of nitriles is 1. The lowest BCUT2D eigenvalue weighted by Crippen LogP contribution is -2.47. The molecule has 12 nitrogen and oxygen atoms in total. The molecule has 57 heavy (non-hydrogen) atoms. The second-order valence-corrected chi connectivity index (χ2v) is 16.0. The highest BCUT2D eigenvalue weighted by Crippen LogP contribution is 2.44. The fourth-order valence-electron chi connectivity index (χ4n) is 7.33. The Hall–Kier alpha value is -4.69. The Morgan fingerprint density at radius 2 is 1.72 bits per heavy atom. The van der Waals surface area contributed by atoms with E-state index in [0.717, 1.165) is 49.4 Å². The first-order valence-electron chi connectivity index (χ1n) is 18.2. The molecule has 0 radical (unpaired) electrons. The summed E-state index contributed by atoms with van der Waals surface area (Å²) in [6.07, 6.45) is -1.72. The summed E-state index contributed by atoms with van der Waals surface area (Å²) in [4.78, 5) is 55.0. The van der Waals surface area contributed by atoms with Crippen molar-refractivity contribution >= 4 is 82.2 Å². The Kier molecular flexibility index (Phi) is 12.5. The lowest BCUT2D eigenvalue weighted by molar-refractivity contribution is -0.138. The van der Waals surface area contributed by atoms with E-state index in [9.17, 15) is 37.6 Å². The monoisotopic (exact) mass is 845 g/mol. The van der Waals surface area contributed by atoms with E-state index in [1.165, 1.54) is 6.07 Å². The summed E-state index contributed by atoms with van der Waals surface area (Å²) in [5.41, 5.74) is -2.39. The standard InChI is InChI=1S/C39H40Cl2F3N7O5S/c1-38(2)36(55)50(27-4-3-23(20-45)29(18-27)39(42,43)44)37(57)51(38)28-5-7-32(30(41)19-28)56-14-11-22-9-12-49(13-10-22)21-34(53)47-26-16-24(40)15-25(17-26)46-31-6-8-33(52)48-35(31)54/h3-5,7,15-19,22,31,37,46,57H,6,8-14,21H2,1-2H3,(H,47,53)(H,48,52,54). The number of anilines is 4. The second kappa shape index (κ2) is 17.0. The summed E-state index contributed by atoms with van der Waals surface area (Å²) in [6.45, 7) is 5.31. The molecule has 0 bridgehead atoms. The van der Waals surface area contributed by atoms with Gasteiger partial charge in [0.2, 0.25) is 17.7 Å². The highest BCUT2D eigenvalue weighted by Gasteiger charge is 2.52. The summed E-state index contributed by atoms with van der Waals surface area (Å²) in [5, 5.41) is 18.1. The van der Waals surface area contributed by atoms with Crippen LogP contribution in [0, 0.1) is 17.2 Å². The second-order valence-electron chi connectivity index (χ2n) is 14.7. The molecule has 3 N–H and O–H groups in total. The summed E-state index contributed by atoms with van der Waals surface area (Å²) in [6, 6.07) is 14.1. The first kappa shape index (κ1) is 41.9. The maximum Gasteiger partial charge on any atom is 0.417 e. The summed E-state index contributed by atoms with van der Waals surface area (Å²) in [5.74, 6) is -0.608. The van der Waals surface area contributed by atoms with Gasteiger partial charge in [-0.15, -0.1) is 12.6 Å². The van der Waals surface area contributed by atoms with Gasteiger partial charge in [0, 0.05) is 34.2 Å². The maximum absolute atomic E-state index is 13.7. The zero-order valence-corrected chi connectivity index (χ0v) is 33.4. The minimum Gasteiger partial charge on any atom is -0.492 e. The molecule has 4 amide bonds. The van der Waals surface area contributed by atoms with E-state index >= 15 is 0 Å². The fraction of sp³-hybridized carbons (Fsp3) is 0.410. The minimum absolute atomic E-state index is 0.0451. The fourth-order valence-corrected chi connectivity index (χ4v) is 8.46. The highest BCUT2D eigenvalue weighted by atomic mass is 35.5. The van der Waals surface area contributed by atoms with E-state index in [0.29, 0.717) is 46.8 Å². The molecule has 0 aliphatic carbocycles. The maximum atomic E-state index is 13.7. The van der Waals surface area contributed by atoms with Gasteiger partial charge in [0.15, 0.2) is 5.50 Å². The molecule has 3 aromatic rings. The third-order valence-corrected chi connectivity index (χ3v) is 11.3. The molecule has 18 heteroatoms. The van der Waals surface area contributed by atoms with Crippen LogP contribution in [0.15, 0.2) is 54.6 Å². The largest absolute Gasteiger partial charge is 0.492 e. The van der Waals surface area contributed by atoms with Crippen LogP contribution in [0.4, 0.5) is 35.9 Å². The molecule has 2 atom stereocenters. The lowest BCUT2D eigenvalue weighted by atomic mass is 9.94. The number of imide groups is 1. The molecule has 0 aromatic heterocycles. The molecule has 3 aliphatic rings. The first-order valence-corrected chi connectivity index (χ1v) is 19.5. The van der Waals surface area contributed by atoms with Gasteiger partial charge in [0.1, 0.15) is 17.3 Å². The number of amides is 4. The van der Waals surface area contributed by atoms with E-state index in [1.807, 2.05) is 0 Å². The van der Waals surface area contributed by atoms with Crippen LogP contribution < -0.4 is 30.5 Å². The van der Waals surface area contributed by atoms with E-state index in [2.05, 4.69) is 33.5 Å². The number of ether oxygens (including phenoxy) is 1. The predicted octanol–water partition coefficient (Wildman–Crippen LogP) is 7.07. The molecular formula is C39H40Cl2F3N7O5S. The molecule has 3 aromatic carbocycles. The van der Waals surface area contributed by atoms with Gasteiger partial charge >= 0.3 is 6.18 Å². The van der Waals surface area contributed by atoms with E-state index < -0.39 is 46.2 Å². The van der Waals surface area contributed by atoms with Crippen molar-refractivity contribution in [3.63, 3.8) is 0 Å². The van der Waals surface area contributed by atoms with Crippen LogP contribution in [0.5, 0.6) is 5.75 Å². The molecule has 0 spiro atoms. The zero-order valence-electron chi connectivity index (χ0n) is 31.0. The molecule has 6 rings (SSSR count). The van der Waals surface area contributed by atoms with Crippen molar-refractivity contribution < 1.29 is 37.1 Å². The quantitative estimate of drug-likeness (QED) is 0.118.